The fourth-order valence-electron chi connectivity index (χ4n) is 1.83. The molecule has 0 saturated carbocycles. The minimum Gasteiger partial charge on any atom is -0.395 e. The summed E-state index contributed by atoms with van der Waals surface area (Å²) in [4.78, 5) is 8.32. The van der Waals surface area contributed by atoms with E-state index < -0.39 is 0 Å². The molecule has 1 aromatic heterocycles. The number of nitrogen functional groups attached to an aromatic ring is 1. The van der Waals surface area contributed by atoms with Crippen molar-refractivity contribution >= 4 is 5.69 Å². The number of anilines is 1. The maximum atomic E-state index is 5.99. The van der Waals surface area contributed by atoms with E-state index in [0.717, 1.165) is 29.8 Å². The predicted molar refractivity (Wildman–Crippen MR) is 70.6 cm³/mol. The third-order valence-corrected chi connectivity index (χ3v) is 2.85. The molecule has 2 aromatic rings. The highest BCUT2D eigenvalue weighted by Gasteiger charge is 2.06. The molecule has 1 heterocycles. The third kappa shape index (κ3) is 2.44. The fourth-order valence-corrected chi connectivity index (χ4v) is 1.83. The maximum absolute atomic E-state index is 5.99. The van der Waals surface area contributed by atoms with Crippen LogP contribution in [-0.2, 0) is 6.42 Å². The second kappa shape index (κ2) is 4.95. The van der Waals surface area contributed by atoms with Crippen LogP contribution >= 0.6 is 0 Å². The van der Waals surface area contributed by atoms with Crippen molar-refractivity contribution in [3.8, 4) is 11.3 Å². The average molecular weight is 227 g/mol. The van der Waals surface area contributed by atoms with Gasteiger partial charge in [-0.1, -0.05) is 37.6 Å². The highest BCUT2D eigenvalue weighted by atomic mass is 14.9. The zero-order chi connectivity index (χ0) is 12.3. The van der Waals surface area contributed by atoms with Crippen LogP contribution in [0.15, 0.2) is 30.6 Å². The highest BCUT2D eigenvalue weighted by molar-refractivity contribution is 5.73. The van der Waals surface area contributed by atoms with Crippen LogP contribution in [0.5, 0.6) is 0 Å². The summed E-state index contributed by atoms with van der Waals surface area (Å²) < 4.78 is 0. The topological polar surface area (TPSA) is 51.8 Å². The largest absolute Gasteiger partial charge is 0.395 e. The van der Waals surface area contributed by atoms with E-state index in [2.05, 4.69) is 41.2 Å². The van der Waals surface area contributed by atoms with Gasteiger partial charge in [-0.3, -0.25) is 0 Å². The lowest BCUT2D eigenvalue weighted by Crippen LogP contribution is -1.98. The van der Waals surface area contributed by atoms with E-state index in [0.29, 0.717) is 5.69 Å². The molecule has 2 rings (SSSR count). The molecule has 2 N–H and O–H groups in total. The van der Waals surface area contributed by atoms with E-state index in [9.17, 15) is 0 Å². The molecule has 0 spiro atoms. The Morgan fingerprint density at radius 2 is 1.82 bits per heavy atom. The van der Waals surface area contributed by atoms with E-state index in [1.54, 1.807) is 6.33 Å². The Kier molecular flexibility index (Phi) is 3.38. The summed E-state index contributed by atoms with van der Waals surface area (Å²) >= 11 is 0. The normalized spacial score (nSPS) is 10.5. The van der Waals surface area contributed by atoms with Gasteiger partial charge in [-0.15, -0.1) is 0 Å². The molecule has 0 aliphatic heterocycles. The smallest absolute Gasteiger partial charge is 0.116 e. The van der Waals surface area contributed by atoms with Gasteiger partial charge in [-0.25, -0.2) is 9.97 Å². The van der Waals surface area contributed by atoms with Crippen LogP contribution in [0.4, 0.5) is 5.69 Å². The standard InChI is InChI=1S/C14H17N3/c1-3-4-11-5-7-12(8-6-11)14-13(15)10(2)16-9-17-14/h5-9H,3-4,15H2,1-2H3. The van der Waals surface area contributed by atoms with Gasteiger partial charge in [0, 0.05) is 5.56 Å². The first-order valence-corrected chi connectivity index (χ1v) is 5.88. The molecule has 0 bridgehead atoms. The Bertz CT molecular complexity index is 503. The van der Waals surface area contributed by atoms with Crippen molar-refractivity contribution in [2.75, 3.05) is 5.73 Å². The zero-order valence-corrected chi connectivity index (χ0v) is 10.3. The van der Waals surface area contributed by atoms with E-state index in [4.69, 9.17) is 5.73 Å². The van der Waals surface area contributed by atoms with Crippen LogP contribution in [0.1, 0.15) is 24.6 Å². The van der Waals surface area contributed by atoms with Gasteiger partial charge in [0.25, 0.3) is 0 Å². The van der Waals surface area contributed by atoms with Gasteiger partial charge in [0.1, 0.15) is 6.33 Å². The Morgan fingerprint density at radius 3 is 2.47 bits per heavy atom. The summed E-state index contributed by atoms with van der Waals surface area (Å²) in [6.07, 6.45) is 3.83. The van der Waals surface area contributed by atoms with Crippen molar-refractivity contribution in [1.29, 1.82) is 0 Å². The lowest BCUT2D eigenvalue weighted by molar-refractivity contribution is 0.922. The van der Waals surface area contributed by atoms with E-state index >= 15 is 0 Å². The molecule has 0 aliphatic rings. The lowest BCUT2D eigenvalue weighted by atomic mass is 10.0. The molecule has 0 saturated heterocycles. The fraction of sp³-hybridized carbons (Fsp3) is 0.286. The first-order chi connectivity index (χ1) is 8.22. The number of aryl methyl sites for hydroxylation is 2. The molecule has 3 nitrogen and oxygen atoms in total. The van der Waals surface area contributed by atoms with Gasteiger partial charge < -0.3 is 5.73 Å². The van der Waals surface area contributed by atoms with Crippen LogP contribution in [-0.4, -0.2) is 9.97 Å². The molecule has 0 unspecified atom stereocenters. The van der Waals surface area contributed by atoms with Gasteiger partial charge in [0.2, 0.25) is 0 Å². The van der Waals surface area contributed by atoms with Crippen molar-refractivity contribution in [2.24, 2.45) is 0 Å². The summed E-state index contributed by atoms with van der Waals surface area (Å²) in [6, 6.07) is 8.41. The molecular formula is C14H17N3. The Balaban J connectivity index is 2.36. The molecular weight excluding hydrogens is 210 g/mol. The molecule has 0 fully saturated rings. The number of nitrogens with two attached hydrogens (primary N) is 1. The van der Waals surface area contributed by atoms with Crippen molar-refractivity contribution in [2.45, 2.75) is 26.7 Å². The first kappa shape index (κ1) is 11.6. The Hall–Kier alpha value is -1.90. The highest BCUT2D eigenvalue weighted by Crippen LogP contribution is 2.24. The molecule has 17 heavy (non-hydrogen) atoms. The van der Waals surface area contributed by atoms with Crippen LogP contribution < -0.4 is 5.73 Å². The quantitative estimate of drug-likeness (QED) is 0.877. The van der Waals surface area contributed by atoms with Gasteiger partial charge in [-0.2, -0.15) is 0 Å². The minimum absolute atomic E-state index is 0.663. The number of hydrogen-bond donors (Lipinski definition) is 1. The molecule has 0 atom stereocenters. The summed E-state index contributed by atoms with van der Waals surface area (Å²) in [5, 5.41) is 0. The summed E-state index contributed by atoms with van der Waals surface area (Å²) in [5.41, 5.74) is 10.7. The molecule has 0 aliphatic carbocycles. The SMILES string of the molecule is CCCc1ccc(-c2ncnc(C)c2N)cc1. The monoisotopic (exact) mass is 227 g/mol. The van der Waals surface area contributed by atoms with Crippen LogP contribution in [0, 0.1) is 6.92 Å². The molecule has 88 valence electrons. The molecule has 0 amide bonds. The maximum Gasteiger partial charge on any atom is 0.116 e. The summed E-state index contributed by atoms with van der Waals surface area (Å²) in [6.45, 7) is 4.08. The van der Waals surface area contributed by atoms with Crippen molar-refractivity contribution in [1.82, 2.24) is 9.97 Å². The number of aromatic nitrogens is 2. The van der Waals surface area contributed by atoms with E-state index in [1.165, 1.54) is 5.56 Å². The van der Waals surface area contributed by atoms with Gasteiger partial charge in [0.05, 0.1) is 17.1 Å². The summed E-state index contributed by atoms with van der Waals surface area (Å²) in [7, 11) is 0. The zero-order valence-electron chi connectivity index (χ0n) is 10.3. The van der Waals surface area contributed by atoms with Gasteiger partial charge in [0.15, 0.2) is 0 Å². The van der Waals surface area contributed by atoms with Gasteiger partial charge in [-0.05, 0) is 18.9 Å². The second-order valence-electron chi connectivity index (χ2n) is 4.17. The van der Waals surface area contributed by atoms with Crippen molar-refractivity contribution in [3.05, 3.63) is 41.9 Å². The average Bonchev–Trinajstić information content (AvgIpc) is 2.34. The predicted octanol–water partition coefficient (Wildman–Crippen LogP) is 2.99. The second-order valence-corrected chi connectivity index (χ2v) is 4.17. The summed E-state index contributed by atoms with van der Waals surface area (Å²) in [5.74, 6) is 0. The molecule has 0 radical (unpaired) electrons. The van der Waals surface area contributed by atoms with Crippen molar-refractivity contribution < 1.29 is 0 Å². The molecule has 1 aromatic carbocycles. The van der Waals surface area contributed by atoms with Crippen LogP contribution in [0.3, 0.4) is 0 Å². The lowest BCUT2D eigenvalue weighted by Gasteiger charge is -2.07. The van der Waals surface area contributed by atoms with Gasteiger partial charge >= 0.3 is 0 Å². The number of nitrogens with zero attached hydrogens (tertiary/aromatic N) is 2. The van der Waals surface area contributed by atoms with Crippen LogP contribution in [0.25, 0.3) is 11.3 Å². The number of rotatable bonds is 3. The minimum atomic E-state index is 0.663. The Labute approximate surface area is 102 Å². The van der Waals surface area contributed by atoms with Crippen LogP contribution in [0.2, 0.25) is 0 Å². The van der Waals surface area contributed by atoms with E-state index in [1.807, 2.05) is 6.92 Å². The number of hydrogen-bond acceptors (Lipinski definition) is 3. The van der Waals surface area contributed by atoms with E-state index in [-0.39, 0.29) is 0 Å². The first-order valence-electron chi connectivity index (χ1n) is 5.88. The van der Waals surface area contributed by atoms with Crippen molar-refractivity contribution in [3.63, 3.8) is 0 Å². The Morgan fingerprint density at radius 1 is 1.12 bits per heavy atom. The molecule has 3 heteroatoms. The third-order valence-electron chi connectivity index (χ3n) is 2.85. The number of benzene rings is 1.